The minimum atomic E-state index is 0. The molecule has 0 spiro atoms. The van der Waals surface area contributed by atoms with Gasteiger partial charge in [-0.15, -0.1) is 30.6 Å². The molecule has 6 nitrogen and oxygen atoms in total. The summed E-state index contributed by atoms with van der Waals surface area (Å²) < 4.78 is 0. The van der Waals surface area contributed by atoms with Crippen molar-refractivity contribution in [3.63, 3.8) is 0 Å². The lowest BCUT2D eigenvalue weighted by Gasteiger charge is -2.32. The first-order chi connectivity index (χ1) is 14.3. The molecule has 0 aromatic carbocycles. The number of halogens is 1. The van der Waals surface area contributed by atoms with Gasteiger partial charge < -0.3 is 15.5 Å². The lowest BCUT2D eigenvalue weighted by atomic mass is 10.1. The average molecular weight is 527 g/mol. The lowest BCUT2D eigenvalue weighted by Crippen LogP contribution is -2.48. The van der Waals surface area contributed by atoms with E-state index in [-0.39, 0.29) is 24.0 Å². The molecule has 1 aromatic heterocycles. The van der Waals surface area contributed by atoms with Crippen LogP contribution >= 0.6 is 24.0 Å². The quantitative estimate of drug-likeness (QED) is 0.245. The van der Waals surface area contributed by atoms with Crippen molar-refractivity contribution in [3.8, 4) is 0 Å². The number of aliphatic imine (C=N–C) groups is 1. The highest BCUT2D eigenvalue weighted by atomic mass is 127. The normalized spacial score (nSPS) is 19.0. The Kier molecular flexibility index (Phi) is 11.5. The Balaban J connectivity index is 0.00000320. The van der Waals surface area contributed by atoms with Gasteiger partial charge in [-0.05, 0) is 50.3 Å². The van der Waals surface area contributed by atoms with Gasteiger partial charge in [-0.25, -0.2) is 9.98 Å². The van der Waals surface area contributed by atoms with Gasteiger partial charge in [0.1, 0.15) is 5.82 Å². The molecule has 0 atom stereocenters. The first-order valence-corrected chi connectivity index (χ1v) is 11.4. The molecule has 0 bridgehead atoms. The molecule has 2 fully saturated rings. The van der Waals surface area contributed by atoms with E-state index < -0.39 is 0 Å². The van der Waals surface area contributed by atoms with Crippen LogP contribution in [0.15, 0.2) is 36.0 Å². The van der Waals surface area contributed by atoms with Gasteiger partial charge in [-0.1, -0.05) is 18.9 Å². The number of anilines is 1. The maximum Gasteiger partial charge on any atom is 0.191 e. The van der Waals surface area contributed by atoms with Crippen LogP contribution in [-0.4, -0.2) is 61.2 Å². The van der Waals surface area contributed by atoms with Gasteiger partial charge in [-0.3, -0.25) is 4.90 Å². The fourth-order valence-corrected chi connectivity index (χ4v) is 4.16. The van der Waals surface area contributed by atoms with E-state index in [4.69, 9.17) is 4.99 Å². The minimum Gasteiger partial charge on any atom is -0.357 e. The van der Waals surface area contributed by atoms with E-state index in [1.165, 1.54) is 31.2 Å². The van der Waals surface area contributed by atoms with Gasteiger partial charge in [-0.2, -0.15) is 0 Å². The predicted octanol–water partition coefficient (Wildman–Crippen LogP) is 3.79. The average Bonchev–Trinajstić information content (AvgIpc) is 3.04. The number of hydrogen-bond donors (Lipinski definition) is 2. The van der Waals surface area contributed by atoms with Crippen LogP contribution < -0.4 is 15.5 Å². The van der Waals surface area contributed by atoms with Crippen molar-refractivity contribution >= 4 is 35.8 Å². The number of aromatic nitrogens is 1. The lowest BCUT2D eigenvalue weighted by molar-refractivity contribution is 0.225. The summed E-state index contributed by atoms with van der Waals surface area (Å²) in [5.41, 5.74) is 1.22. The molecule has 30 heavy (non-hydrogen) atoms. The molecule has 3 heterocycles. The summed E-state index contributed by atoms with van der Waals surface area (Å²) in [5, 5.41) is 7.04. The zero-order chi connectivity index (χ0) is 20.3. The van der Waals surface area contributed by atoms with E-state index in [1.807, 2.05) is 12.3 Å². The Morgan fingerprint density at radius 3 is 2.60 bits per heavy atom. The first-order valence-electron chi connectivity index (χ1n) is 11.4. The van der Waals surface area contributed by atoms with Crippen molar-refractivity contribution in [1.82, 2.24) is 20.5 Å². The van der Waals surface area contributed by atoms with Crippen LogP contribution in [0.5, 0.6) is 0 Å². The second-order valence-corrected chi connectivity index (χ2v) is 8.13. The van der Waals surface area contributed by atoms with Crippen molar-refractivity contribution in [2.45, 2.75) is 58.0 Å². The van der Waals surface area contributed by atoms with E-state index >= 15 is 0 Å². The number of nitrogens with zero attached hydrogens (tertiary/aromatic N) is 4. The van der Waals surface area contributed by atoms with E-state index in [0.717, 1.165) is 63.9 Å². The zero-order valence-electron chi connectivity index (χ0n) is 18.5. The summed E-state index contributed by atoms with van der Waals surface area (Å²) in [6.45, 7) is 13.0. The number of hydrogen-bond acceptors (Lipinski definition) is 4. The molecule has 168 valence electrons. The van der Waals surface area contributed by atoms with Gasteiger partial charge in [0, 0.05) is 51.5 Å². The third kappa shape index (κ3) is 8.06. The standard InChI is InChI=1S/C23H38N6.HI/c1-3-13-28-16-10-21(11-17-28)27-23(24-4-2)26-19-20-9-12-25-22(18-20)29-14-7-5-6-8-15-29;/h3,9,12,18,21H,1,4-8,10-11,13-17,19H2,2H3,(H2,24,26,27);1H. The maximum atomic E-state index is 4.86. The molecule has 0 radical (unpaired) electrons. The third-order valence-corrected chi connectivity index (χ3v) is 5.82. The molecular formula is C23H39IN6. The number of nitrogens with one attached hydrogen (secondary N) is 2. The van der Waals surface area contributed by atoms with Gasteiger partial charge in [0.05, 0.1) is 6.54 Å². The summed E-state index contributed by atoms with van der Waals surface area (Å²) in [4.78, 5) is 14.4. The Hall–Kier alpha value is -1.35. The van der Waals surface area contributed by atoms with Crippen LogP contribution in [0.2, 0.25) is 0 Å². The van der Waals surface area contributed by atoms with Crippen LogP contribution in [0.4, 0.5) is 5.82 Å². The second kappa shape index (κ2) is 13.9. The van der Waals surface area contributed by atoms with Gasteiger partial charge in [0.15, 0.2) is 5.96 Å². The van der Waals surface area contributed by atoms with Crippen molar-refractivity contribution in [1.29, 1.82) is 0 Å². The molecule has 2 aliphatic heterocycles. The summed E-state index contributed by atoms with van der Waals surface area (Å²) in [7, 11) is 0. The molecule has 0 amide bonds. The number of likely N-dealkylation sites (tertiary alicyclic amines) is 1. The van der Waals surface area contributed by atoms with E-state index in [0.29, 0.717) is 12.6 Å². The SMILES string of the molecule is C=CCN1CCC(NC(=NCc2ccnc(N3CCCCCC3)c2)NCC)CC1.I. The minimum absolute atomic E-state index is 0. The highest BCUT2D eigenvalue weighted by Gasteiger charge is 2.19. The van der Waals surface area contributed by atoms with Crippen molar-refractivity contribution in [2.24, 2.45) is 4.99 Å². The Morgan fingerprint density at radius 1 is 1.20 bits per heavy atom. The fourth-order valence-electron chi connectivity index (χ4n) is 4.16. The topological polar surface area (TPSA) is 55.8 Å². The number of guanidine groups is 1. The molecule has 2 saturated heterocycles. The molecule has 0 unspecified atom stereocenters. The fraction of sp³-hybridized carbons (Fsp3) is 0.652. The van der Waals surface area contributed by atoms with Gasteiger partial charge in [0.2, 0.25) is 0 Å². The van der Waals surface area contributed by atoms with Crippen molar-refractivity contribution < 1.29 is 0 Å². The van der Waals surface area contributed by atoms with E-state index in [2.05, 4.69) is 51.1 Å². The van der Waals surface area contributed by atoms with Crippen molar-refractivity contribution in [2.75, 3.05) is 44.2 Å². The molecule has 3 rings (SSSR count). The largest absolute Gasteiger partial charge is 0.357 e. The molecule has 2 aliphatic rings. The van der Waals surface area contributed by atoms with Gasteiger partial charge in [0.25, 0.3) is 0 Å². The molecule has 1 aromatic rings. The highest BCUT2D eigenvalue weighted by Crippen LogP contribution is 2.18. The molecule has 7 heteroatoms. The maximum absolute atomic E-state index is 4.86. The monoisotopic (exact) mass is 526 g/mol. The number of piperidine rings is 1. The van der Waals surface area contributed by atoms with Crippen molar-refractivity contribution in [3.05, 3.63) is 36.5 Å². The third-order valence-electron chi connectivity index (χ3n) is 5.82. The van der Waals surface area contributed by atoms with E-state index in [1.54, 1.807) is 0 Å². The second-order valence-electron chi connectivity index (χ2n) is 8.13. The predicted molar refractivity (Wildman–Crippen MR) is 138 cm³/mol. The number of pyridine rings is 1. The summed E-state index contributed by atoms with van der Waals surface area (Å²) >= 11 is 0. The smallest absolute Gasteiger partial charge is 0.191 e. The Labute approximate surface area is 199 Å². The zero-order valence-corrected chi connectivity index (χ0v) is 20.8. The Morgan fingerprint density at radius 2 is 1.93 bits per heavy atom. The molecule has 0 aliphatic carbocycles. The number of rotatable bonds is 7. The van der Waals surface area contributed by atoms with Crippen LogP contribution in [-0.2, 0) is 6.54 Å². The van der Waals surface area contributed by atoms with Crippen LogP contribution in [0.25, 0.3) is 0 Å². The highest BCUT2D eigenvalue weighted by molar-refractivity contribution is 14.0. The molecule has 0 saturated carbocycles. The molecule has 2 N–H and O–H groups in total. The van der Waals surface area contributed by atoms with Crippen LogP contribution in [0.3, 0.4) is 0 Å². The summed E-state index contributed by atoms with van der Waals surface area (Å²) in [6.07, 6.45) is 11.4. The van der Waals surface area contributed by atoms with Crippen LogP contribution in [0.1, 0.15) is 51.0 Å². The van der Waals surface area contributed by atoms with Crippen LogP contribution in [0, 0.1) is 0 Å². The first kappa shape index (κ1) is 24.9. The van der Waals surface area contributed by atoms with E-state index in [9.17, 15) is 0 Å². The summed E-state index contributed by atoms with van der Waals surface area (Å²) in [6, 6.07) is 4.79. The molecular weight excluding hydrogens is 487 g/mol. The Bertz CT molecular complexity index is 649. The summed E-state index contributed by atoms with van der Waals surface area (Å²) in [5.74, 6) is 2.02. The van der Waals surface area contributed by atoms with Gasteiger partial charge >= 0.3 is 0 Å².